The fourth-order valence-electron chi connectivity index (χ4n) is 3.26. The number of halogens is 3. The molecule has 0 bridgehead atoms. The quantitative estimate of drug-likeness (QED) is 0.422. The van der Waals surface area contributed by atoms with Gasteiger partial charge in [0.05, 0.1) is 12.6 Å². The maximum absolute atomic E-state index is 14.6. The molecule has 170 valence electrons. The van der Waals surface area contributed by atoms with Gasteiger partial charge in [-0.25, -0.2) is 18.4 Å². The summed E-state index contributed by atoms with van der Waals surface area (Å²) >= 11 is 5.86. The standard InChI is InChI=1S/C21H17ClF2N6O3/c1-12(27-19(31)18-28-20(33-29-18)13-2-4-14(22)5-3-13)21(32,9-30-11-25-10-26-30)16-7-6-15(23)8-17(16)24/h2-8,10-12,32H,9H2,1H3,(H,27,31)/t12-,21+/m0/s1. The number of carbonyl (C=O) groups excluding carboxylic acids is 1. The van der Waals surface area contributed by atoms with Gasteiger partial charge in [0.1, 0.15) is 29.9 Å². The molecule has 2 heterocycles. The molecular weight excluding hydrogens is 458 g/mol. The van der Waals surface area contributed by atoms with Crippen LogP contribution in [-0.2, 0) is 12.1 Å². The predicted molar refractivity (Wildman–Crippen MR) is 112 cm³/mol. The summed E-state index contributed by atoms with van der Waals surface area (Å²) in [6.45, 7) is 1.18. The number of hydrogen-bond acceptors (Lipinski definition) is 7. The molecule has 0 aliphatic heterocycles. The van der Waals surface area contributed by atoms with E-state index in [-0.39, 0.29) is 23.8 Å². The van der Waals surface area contributed by atoms with Crippen molar-refractivity contribution in [2.75, 3.05) is 0 Å². The van der Waals surface area contributed by atoms with Crippen LogP contribution in [0, 0.1) is 11.6 Å². The van der Waals surface area contributed by atoms with Crippen molar-refractivity contribution in [3.8, 4) is 11.5 Å². The molecular formula is C21H17ClF2N6O3. The second-order valence-electron chi connectivity index (χ2n) is 7.27. The number of aliphatic hydroxyl groups is 1. The van der Waals surface area contributed by atoms with E-state index in [1.165, 1.54) is 24.3 Å². The Morgan fingerprint density at radius 1 is 1.27 bits per heavy atom. The Morgan fingerprint density at radius 3 is 2.70 bits per heavy atom. The van der Waals surface area contributed by atoms with E-state index >= 15 is 0 Å². The molecule has 2 atom stereocenters. The third kappa shape index (κ3) is 4.73. The first-order chi connectivity index (χ1) is 15.8. The van der Waals surface area contributed by atoms with Gasteiger partial charge in [-0.15, -0.1) is 0 Å². The molecule has 0 saturated carbocycles. The van der Waals surface area contributed by atoms with Crippen molar-refractivity contribution in [1.29, 1.82) is 0 Å². The second kappa shape index (κ2) is 9.04. The summed E-state index contributed by atoms with van der Waals surface area (Å²) in [4.78, 5) is 20.6. The molecule has 0 aliphatic rings. The Hall–Kier alpha value is -3.70. The van der Waals surface area contributed by atoms with Crippen LogP contribution in [0.5, 0.6) is 0 Å². The van der Waals surface area contributed by atoms with Crippen LogP contribution in [0.25, 0.3) is 11.5 Å². The molecule has 33 heavy (non-hydrogen) atoms. The number of benzene rings is 2. The number of hydrogen-bond donors (Lipinski definition) is 2. The minimum absolute atomic E-state index is 0.0897. The zero-order valence-corrected chi connectivity index (χ0v) is 17.9. The van der Waals surface area contributed by atoms with Crippen LogP contribution >= 0.6 is 11.6 Å². The Morgan fingerprint density at radius 2 is 2.03 bits per heavy atom. The van der Waals surface area contributed by atoms with E-state index in [0.29, 0.717) is 16.7 Å². The number of nitrogens with zero attached hydrogens (tertiary/aromatic N) is 5. The van der Waals surface area contributed by atoms with E-state index in [9.17, 15) is 18.7 Å². The molecule has 1 amide bonds. The Labute approximate surface area is 191 Å². The van der Waals surface area contributed by atoms with Gasteiger partial charge in [-0.1, -0.05) is 22.8 Å². The van der Waals surface area contributed by atoms with Crippen LogP contribution < -0.4 is 5.32 Å². The van der Waals surface area contributed by atoms with Crippen LogP contribution in [0.3, 0.4) is 0 Å². The molecule has 2 N–H and O–H groups in total. The second-order valence-corrected chi connectivity index (χ2v) is 7.70. The fourth-order valence-corrected chi connectivity index (χ4v) is 3.39. The van der Waals surface area contributed by atoms with Crippen molar-refractivity contribution in [3.63, 3.8) is 0 Å². The molecule has 12 heteroatoms. The third-order valence-corrected chi connectivity index (χ3v) is 5.30. The van der Waals surface area contributed by atoms with Crippen LogP contribution in [0.15, 0.2) is 59.6 Å². The van der Waals surface area contributed by atoms with Gasteiger partial charge in [-0.05, 0) is 37.3 Å². The van der Waals surface area contributed by atoms with Gasteiger partial charge in [0.2, 0.25) is 0 Å². The van der Waals surface area contributed by atoms with Crippen LogP contribution in [0.1, 0.15) is 23.1 Å². The first-order valence-corrected chi connectivity index (χ1v) is 10.0. The summed E-state index contributed by atoms with van der Waals surface area (Å²) in [5.41, 5.74) is -1.71. The third-order valence-electron chi connectivity index (χ3n) is 5.05. The first kappa shape index (κ1) is 22.5. The summed E-state index contributed by atoms with van der Waals surface area (Å²) in [6, 6.07) is 8.23. The van der Waals surface area contributed by atoms with Crippen molar-refractivity contribution in [1.82, 2.24) is 30.2 Å². The Kier molecular flexibility index (Phi) is 6.16. The van der Waals surface area contributed by atoms with Crippen molar-refractivity contribution in [2.45, 2.75) is 25.1 Å². The van der Waals surface area contributed by atoms with Crippen molar-refractivity contribution in [3.05, 3.63) is 83.2 Å². The number of nitrogens with one attached hydrogen (secondary N) is 1. The lowest BCUT2D eigenvalue weighted by Gasteiger charge is -2.35. The van der Waals surface area contributed by atoms with Crippen molar-refractivity contribution < 1.29 is 23.2 Å². The molecule has 2 aromatic carbocycles. The molecule has 4 aromatic rings. The van der Waals surface area contributed by atoms with E-state index in [1.54, 1.807) is 24.3 Å². The minimum Gasteiger partial charge on any atom is -0.381 e. The maximum Gasteiger partial charge on any atom is 0.293 e. The van der Waals surface area contributed by atoms with Crippen LogP contribution in [0.2, 0.25) is 5.02 Å². The number of amides is 1. The topological polar surface area (TPSA) is 119 Å². The Balaban J connectivity index is 1.59. The summed E-state index contributed by atoms with van der Waals surface area (Å²) in [5, 5.41) is 22.1. The van der Waals surface area contributed by atoms with Gasteiger partial charge in [0.15, 0.2) is 0 Å². The molecule has 0 unspecified atom stereocenters. The van der Waals surface area contributed by atoms with Crippen molar-refractivity contribution in [2.24, 2.45) is 0 Å². The molecule has 9 nitrogen and oxygen atoms in total. The summed E-state index contributed by atoms with van der Waals surface area (Å²) in [7, 11) is 0. The van der Waals surface area contributed by atoms with Gasteiger partial charge >= 0.3 is 0 Å². The smallest absolute Gasteiger partial charge is 0.293 e. The highest BCUT2D eigenvalue weighted by Crippen LogP contribution is 2.30. The average Bonchev–Trinajstić information content (AvgIpc) is 3.46. The molecule has 0 fully saturated rings. The van der Waals surface area contributed by atoms with Gasteiger partial charge in [-0.2, -0.15) is 10.1 Å². The molecule has 0 radical (unpaired) electrons. The zero-order chi connectivity index (χ0) is 23.6. The monoisotopic (exact) mass is 474 g/mol. The van der Waals surface area contributed by atoms with E-state index in [0.717, 1.165) is 12.1 Å². The summed E-state index contributed by atoms with van der Waals surface area (Å²) in [5.74, 6) is -2.77. The molecule has 0 spiro atoms. The summed E-state index contributed by atoms with van der Waals surface area (Å²) < 4.78 is 34.5. The highest BCUT2D eigenvalue weighted by atomic mass is 35.5. The average molecular weight is 475 g/mol. The Bertz CT molecular complexity index is 1270. The van der Waals surface area contributed by atoms with Crippen LogP contribution in [-0.4, -0.2) is 42.0 Å². The van der Waals surface area contributed by atoms with Gasteiger partial charge in [0, 0.05) is 22.2 Å². The van der Waals surface area contributed by atoms with E-state index in [2.05, 4.69) is 25.5 Å². The number of carbonyl (C=O) groups is 1. The number of rotatable bonds is 7. The molecule has 0 aliphatic carbocycles. The fraction of sp³-hybridized carbons (Fsp3) is 0.190. The molecule has 2 aromatic heterocycles. The highest BCUT2D eigenvalue weighted by molar-refractivity contribution is 6.30. The number of aromatic nitrogens is 5. The zero-order valence-electron chi connectivity index (χ0n) is 17.1. The molecule has 0 saturated heterocycles. The van der Waals surface area contributed by atoms with E-state index in [1.807, 2.05) is 0 Å². The molecule has 4 rings (SSSR count). The van der Waals surface area contributed by atoms with Crippen molar-refractivity contribution >= 4 is 17.5 Å². The maximum atomic E-state index is 14.6. The van der Waals surface area contributed by atoms with Gasteiger partial charge in [0.25, 0.3) is 17.6 Å². The van der Waals surface area contributed by atoms with E-state index < -0.39 is 29.2 Å². The normalized spacial score (nSPS) is 14.0. The minimum atomic E-state index is -2.02. The predicted octanol–water partition coefficient (Wildman–Crippen LogP) is 2.97. The van der Waals surface area contributed by atoms with Gasteiger partial charge in [-0.3, -0.25) is 4.79 Å². The summed E-state index contributed by atoms with van der Waals surface area (Å²) in [6.07, 6.45) is 2.56. The van der Waals surface area contributed by atoms with E-state index in [4.69, 9.17) is 16.1 Å². The largest absolute Gasteiger partial charge is 0.381 e. The lowest BCUT2D eigenvalue weighted by Crippen LogP contribution is -2.52. The lowest BCUT2D eigenvalue weighted by molar-refractivity contribution is -0.0187. The lowest BCUT2D eigenvalue weighted by atomic mass is 9.86. The van der Waals surface area contributed by atoms with Gasteiger partial charge < -0.3 is 14.9 Å². The van der Waals surface area contributed by atoms with Crippen LogP contribution in [0.4, 0.5) is 8.78 Å². The first-order valence-electron chi connectivity index (χ1n) is 9.67. The SMILES string of the molecule is C[C@H](NC(=O)c1noc(-c2ccc(Cl)cc2)n1)[C@](O)(Cn1cncn1)c1ccc(F)cc1F. The highest BCUT2D eigenvalue weighted by Gasteiger charge is 2.40.